The fourth-order valence-electron chi connectivity index (χ4n) is 3.39. The van der Waals surface area contributed by atoms with Crippen molar-refractivity contribution in [1.29, 1.82) is 0 Å². The number of fused-ring (bicyclic) bond motifs is 1. The molecule has 8 heteroatoms. The van der Waals surface area contributed by atoms with Crippen LogP contribution in [0.2, 0.25) is 0 Å². The number of aromatic nitrogens is 3. The van der Waals surface area contributed by atoms with Crippen LogP contribution in [0.3, 0.4) is 0 Å². The molecule has 7 nitrogen and oxygen atoms in total. The van der Waals surface area contributed by atoms with Crippen molar-refractivity contribution < 1.29 is 9.53 Å². The van der Waals surface area contributed by atoms with Gasteiger partial charge in [0.25, 0.3) is 5.56 Å². The van der Waals surface area contributed by atoms with Crippen LogP contribution in [-0.2, 0) is 17.8 Å². The SMILES string of the molecule is CCc1nn2c(=O)cc(COc3ccc(NC(=O)C(CC)c4ccccc4)cc3)nc2s1. The summed E-state index contributed by atoms with van der Waals surface area (Å²) in [6, 6.07) is 18.4. The summed E-state index contributed by atoms with van der Waals surface area (Å²) in [7, 11) is 0. The predicted molar refractivity (Wildman–Crippen MR) is 125 cm³/mol. The number of anilines is 1. The summed E-state index contributed by atoms with van der Waals surface area (Å²) in [5.74, 6) is 0.382. The minimum absolute atomic E-state index is 0.0404. The van der Waals surface area contributed by atoms with Gasteiger partial charge < -0.3 is 10.1 Å². The number of rotatable bonds is 8. The van der Waals surface area contributed by atoms with E-state index < -0.39 is 0 Å². The van der Waals surface area contributed by atoms with Crippen molar-refractivity contribution in [1.82, 2.24) is 14.6 Å². The summed E-state index contributed by atoms with van der Waals surface area (Å²) in [6.45, 7) is 4.16. The maximum Gasteiger partial charge on any atom is 0.275 e. The van der Waals surface area contributed by atoms with Gasteiger partial charge in [-0.2, -0.15) is 9.61 Å². The van der Waals surface area contributed by atoms with Crippen molar-refractivity contribution in [2.45, 2.75) is 39.2 Å². The van der Waals surface area contributed by atoms with E-state index in [9.17, 15) is 9.59 Å². The van der Waals surface area contributed by atoms with Crippen molar-refractivity contribution in [3.63, 3.8) is 0 Å². The van der Waals surface area contributed by atoms with Gasteiger partial charge in [0.15, 0.2) is 0 Å². The number of carbonyl (C=O) groups excluding carboxylic acids is 1. The summed E-state index contributed by atoms with van der Waals surface area (Å²) in [5, 5.41) is 8.08. The number of amides is 1. The van der Waals surface area contributed by atoms with Crippen molar-refractivity contribution >= 4 is 27.9 Å². The molecule has 4 rings (SSSR count). The van der Waals surface area contributed by atoms with Gasteiger partial charge in [0.05, 0.1) is 11.6 Å². The number of nitrogens with one attached hydrogen (secondary N) is 1. The van der Waals surface area contributed by atoms with E-state index in [1.54, 1.807) is 24.3 Å². The molecule has 0 radical (unpaired) electrons. The second kappa shape index (κ2) is 9.74. The maximum absolute atomic E-state index is 12.7. The Morgan fingerprint density at radius 3 is 2.56 bits per heavy atom. The van der Waals surface area contributed by atoms with Gasteiger partial charge in [0, 0.05) is 11.8 Å². The molecular weight excluding hydrogens is 424 g/mol. The van der Waals surface area contributed by atoms with E-state index in [2.05, 4.69) is 15.4 Å². The standard InChI is InChI=1S/C24H24N4O3S/c1-3-20(16-8-6-5-7-9-16)23(30)25-17-10-12-19(13-11-17)31-15-18-14-22(29)28-24(26-18)32-21(4-2)27-28/h5-14,20H,3-4,15H2,1-2H3,(H,25,30). The number of hydrogen-bond acceptors (Lipinski definition) is 6. The number of aryl methyl sites for hydroxylation is 1. The highest BCUT2D eigenvalue weighted by Crippen LogP contribution is 2.23. The first kappa shape index (κ1) is 21.7. The maximum atomic E-state index is 12.7. The van der Waals surface area contributed by atoms with E-state index in [-0.39, 0.29) is 24.0 Å². The van der Waals surface area contributed by atoms with Crippen LogP contribution in [-0.4, -0.2) is 20.5 Å². The molecule has 0 saturated carbocycles. The fourth-order valence-corrected chi connectivity index (χ4v) is 4.25. The lowest BCUT2D eigenvalue weighted by molar-refractivity contribution is -0.117. The van der Waals surface area contributed by atoms with E-state index in [0.717, 1.165) is 17.0 Å². The predicted octanol–water partition coefficient (Wildman–Crippen LogP) is 4.42. The molecule has 0 aliphatic heterocycles. The van der Waals surface area contributed by atoms with Gasteiger partial charge in [-0.05, 0) is 42.7 Å². The Morgan fingerprint density at radius 1 is 1.12 bits per heavy atom. The lowest BCUT2D eigenvalue weighted by Crippen LogP contribution is -2.20. The second-order valence-electron chi connectivity index (χ2n) is 7.30. The number of ether oxygens (including phenoxy) is 1. The fraction of sp³-hybridized carbons (Fsp3) is 0.250. The first-order valence-corrected chi connectivity index (χ1v) is 11.4. The van der Waals surface area contributed by atoms with E-state index in [1.807, 2.05) is 44.2 Å². The Hall–Kier alpha value is -3.52. The highest BCUT2D eigenvalue weighted by atomic mass is 32.1. The summed E-state index contributed by atoms with van der Waals surface area (Å²) in [4.78, 5) is 30.0. The van der Waals surface area contributed by atoms with Gasteiger partial charge in [0.2, 0.25) is 10.9 Å². The van der Waals surface area contributed by atoms with Gasteiger partial charge in [0.1, 0.15) is 17.4 Å². The highest BCUT2D eigenvalue weighted by Gasteiger charge is 2.18. The molecule has 32 heavy (non-hydrogen) atoms. The van der Waals surface area contributed by atoms with Crippen LogP contribution in [0.1, 0.15) is 42.5 Å². The van der Waals surface area contributed by atoms with Crippen LogP contribution in [0.4, 0.5) is 5.69 Å². The molecule has 0 aliphatic rings. The van der Waals surface area contributed by atoms with Crippen LogP contribution in [0.5, 0.6) is 5.75 Å². The van der Waals surface area contributed by atoms with Gasteiger partial charge in [-0.3, -0.25) is 9.59 Å². The van der Waals surface area contributed by atoms with Crippen molar-refractivity contribution in [3.8, 4) is 5.75 Å². The highest BCUT2D eigenvalue weighted by molar-refractivity contribution is 7.16. The molecular formula is C24H24N4O3S. The largest absolute Gasteiger partial charge is 0.487 e. The minimum Gasteiger partial charge on any atom is -0.487 e. The summed E-state index contributed by atoms with van der Waals surface area (Å²) in [5.41, 5.74) is 2.03. The van der Waals surface area contributed by atoms with E-state index in [4.69, 9.17) is 4.74 Å². The molecule has 2 heterocycles. The monoisotopic (exact) mass is 448 g/mol. The Labute approximate surface area is 189 Å². The summed E-state index contributed by atoms with van der Waals surface area (Å²) < 4.78 is 7.11. The smallest absolute Gasteiger partial charge is 0.275 e. The molecule has 2 aromatic carbocycles. The molecule has 0 saturated heterocycles. The van der Waals surface area contributed by atoms with Gasteiger partial charge in [-0.1, -0.05) is 55.5 Å². The van der Waals surface area contributed by atoms with Crippen molar-refractivity contribution in [2.24, 2.45) is 0 Å². The third-order valence-corrected chi connectivity index (χ3v) is 6.13. The van der Waals surface area contributed by atoms with Crippen molar-refractivity contribution in [3.05, 3.63) is 87.3 Å². The third kappa shape index (κ3) is 4.86. The normalized spacial score (nSPS) is 11.9. The lowest BCUT2D eigenvalue weighted by atomic mass is 9.95. The molecule has 1 amide bonds. The Kier molecular flexibility index (Phi) is 6.61. The van der Waals surface area contributed by atoms with Crippen LogP contribution >= 0.6 is 11.3 Å². The number of benzene rings is 2. The molecule has 0 fully saturated rings. The minimum atomic E-state index is -0.216. The number of hydrogen-bond donors (Lipinski definition) is 1. The topological polar surface area (TPSA) is 85.6 Å². The molecule has 0 spiro atoms. The summed E-state index contributed by atoms with van der Waals surface area (Å²) >= 11 is 1.40. The van der Waals surface area contributed by atoms with E-state index in [0.29, 0.717) is 28.5 Å². The van der Waals surface area contributed by atoms with Crippen LogP contribution in [0, 0.1) is 0 Å². The molecule has 164 valence electrons. The van der Waals surface area contributed by atoms with Gasteiger partial charge in [-0.25, -0.2) is 4.98 Å². The van der Waals surface area contributed by atoms with E-state index in [1.165, 1.54) is 21.9 Å². The number of carbonyl (C=O) groups is 1. The number of nitrogens with zero attached hydrogens (tertiary/aromatic N) is 3. The zero-order valence-corrected chi connectivity index (χ0v) is 18.8. The van der Waals surface area contributed by atoms with Crippen LogP contribution in [0.15, 0.2) is 65.5 Å². The molecule has 4 aromatic rings. The zero-order chi connectivity index (χ0) is 22.5. The first-order chi connectivity index (χ1) is 15.6. The zero-order valence-electron chi connectivity index (χ0n) is 17.9. The molecule has 1 atom stereocenters. The first-order valence-electron chi connectivity index (χ1n) is 10.5. The second-order valence-corrected chi connectivity index (χ2v) is 8.34. The Balaban J connectivity index is 1.39. The Morgan fingerprint density at radius 2 is 1.88 bits per heavy atom. The van der Waals surface area contributed by atoms with Gasteiger partial charge >= 0.3 is 0 Å². The van der Waals surface area contributed by atoms with Crippen molar-refractivity contribution in [2.75, 3.05) is 5.32 Å². The molecule has 0 aliphatic carbocycles. The molecule has 1 unspecified atom stereocenters. The Bertz CT molecular complexity index is 1270. The molecule has 0 bridgehead atoms. The van der Waals surface area contributed by atoms with Crippen LogP contribution < -0.4 is 15.6 Å². The van der Waals surface area contributed by atoms with Gasteiger partial charge in [-0.15, -0.1) is 0 Å². The average Bonchev–Trinajstić information content (AvgIpc) is 3.24. The lowest BCUT2D eigenvalue weighted by Gasteiger charge is -2.15. The average molecular weight is 449 g/mol. The summed E-state index contributed by atoms with van der Waals surface area (Å²) in [6.07, 6.45) is 1.47. The molecule has 2 aromatic heterocycles. The quantitative estimate of drug-likeness (QED) is 0.431. The third-order valence-electron chi connectivity index (χ3n) is 5.08. The van der Waals surface area contributed by atoms with E-state index >= 15 is 0 Å². The molecule has 1 N–H and O–H groups in total. The van der Waals surface area contributed by atoms with Crippen LogP contribution in [0.25, 0.3) is 4.96 Å².